The summed E-state index contributed by atoms with van der Waals surface area (Å²) < 4.78 is 0. The van der Waals surface area contributed by atoms with Crippen LogP contribution in [-0.2, 0) is 0 Å². The molecule has 0 radical (unpaired) electrons. The molecule has 2 heteroatoms. The zero-order chi connectivity index (χ0) is 8.10. The third kappa shape index (κ3) is 3.04. The lowest BCUT2D eigenvalue weighted by molar-refractivity contribution is 0.161. The number of hydrogen-bond acceptors (Lipinski definition) is 2. The lowest BCUT2D eigenvalue weighted by Gasteiger charge is -2.33. The zero-order valence-corrected chi connectivity index (χ0v) is 8.32. The topological polar surface area (TPSA) is 3.24 Å². The van der Waals surface area contributed by atoms with Gasteiger partial charge in [-0.1, -0.05) is 6.42 Å². The van der Waals surface area contributed by atoms with Crippen LogP contribution in [0.2, 0.25) is 0 Å². The van der Waals surface area contributed by atoms with Crippen molar-refractivity contribution in [2.75, 3.05) is 18.8 Å². The standard InChI is InChI=1S/C9H19NS/c1-9-5-2-3-6-10(9)7-4-8-11/h9,11H,2-8H2,1H3. The fraction of sp³-hybridized carbons (Fsp3) is 1.00. The van der Waals surface area contributed by atoms with Crippen molar-refractivity contribution in [3.8, 4) is 0 Å². The summed E-state index contributed by atoms with van der Waals surface area (Å²) in [7, 11) is 0. The molecule has 0 amide bonds. The van der Waals surface area contributed by atoms with Crippen molar-refractivity contribution in [1.82, 2.24) is 4.90 Å². The highest BCUT2D eigenvalue weighted by Gasteiger charge is 2.16. The predicted molar refractivity (Wildman–Crippen MR) is 53.4 cm³/mol. The molecule has 1 atom stereocenters. The van der Waals surface area contributed by atoms with E-state index < -0.39 is 0 Å². The number of rotatable bonds is 3. The van der Waals surface area contributed by atoms with E-state index in [0.717, 1.165) is 11.8 Å². The van der Waals surface area contributed by atoms with Crippen LogP contribution in [0.1, 0.15) is 32.6 Å². The van der Waals surface area contributed by atoms with E-state index in [0.29, 0.717) is 0 Å². The highest BCUT2D eigenvalue weighted by atomic mass is 32.1. The van der Waals surface area contributed by atoms with Crippen molar-refractivity contribution < 1.29 is 0 Å². The van der Waals surface area contributed by atoms with E-state index in [2.05, 4.69) is 24.5 Å². The maximum Gasteiger partial charge on any atom is 0.00669 e. The van der Waals surface area contributed by atoms with E-state index >= 15 is 0 Å². The zero-order valence-electron chi connectivity index (χ0n) is 7.42. The first kappa shape index (κ1) is 9.40. The molecule has 0 N–H and O–H groups in total. The van der Waals surface area contributed by atoms with Gasteiger partial charge in [0.25, 0.3) is 0 Å². The smallest absolute Gasteiger partial charge is 0.00669 e. The lowest BCUT2D eigenvalue weighted by atomic mass is 10.0. The average Bonchev–Trinajstić information content (AvgIpc) is 2.03. The molecule has 1 rings (SSSR count). The van der Waals surface area contributed by atoms with Gasteiger partial charge in [-0.2, -0.15) is 12.6 Å². The Hall–Kier alpha value is 0.310. The minimum Gasteiger partial charge on any atom is -0.301 e. The third-order valence-corrected chi connectivity index (χ3v) is 2.86. The van der Waals surface area contributed by atoms with Crippen molar-refractivity contribution >= 4 is 12.6 Å². The van der Waals surface area contributed by atoms with E-state index in [1.54, 1.807) is 0 Å². The largest absolute Gasteiger partial charge is 0.301 e. The van der Waals surface area contributed by atoms with Crippen molar-refractivity contribution in [2.45, 2.75) is 38.6 Å². The van der Waals surface area contributed by atoms with Gasteiger partial charge in [0.05, 0.1) is 0 Å². The Labute approximate surface area is 75.6 Å². The third-order valence-electron chi connectivity index (χ3n) is 2.54. The second-order valence-corrected chi connectivity index (χ2v) is 3.91. The van der Waals surface area contributed by atoms with Crippen LogP contribution in [0.15, 0.2) is 0 Å². The molecule has 11 heavy (non-hydrogen) atoms. The number of hydrogen-bond donors (Lipinski definition) is 1. The Morgan fingerprint density at radius 3 is 2.91 bits per heavy atom. The van der Waals surface area contributed by atoms with Gasteiger partial charge in [0.1, 0.15) is 0 Å². The van der Waals surface area contributed by atoms with Crippen LogP contribution in [0.25, 0.3) is 0 Å². The lowest BCUT2D eigenvalue weighted by Crippen LogP contribution is -2.38. The molecule has 1 aliphatic rings. The quantitative estimate of drug-likeness (QED) is 0.640. The molecule has 0 spiro atoms. The Morgan fingerprint density at radius 2 is 2.27 bits per heavy atom. The van der Waals surface area contributed by atoms with Crippen molar-refractivity contribution in [1.29, 1.82) is 0 Å². The first-order valence-corrected chi connectivity index (χ1v) is 5.32. The average molecular weight is 173 g/mol. The van der Waals surface area contributed by atoms with Gasteiger partial charge < -0.3 is 4.90 Å². The van der Waals surface area contributed by atoms with E-state index in [9.17, 15) is 0 Å². The van der Waals surface area contributed by atoms with Crippen LogP contribution >= 0.6 is 12.6 Å². The highest BCUT2D eigenvalue weighted by molar-refractivity contribution is 7.80. The molecule has 0 aromatic heterocycles. The van der Waals surface area contributed by atoms with Crippen LogP contribution in [0.5, 0.6) is 0 Å². The van der Waals surface area contributed by atoms with Crippen molar-refractivity contribution in [3.63, 3.8) is 0 Å². The molecule has 0 aromatic carbocycles. The molecule has 0 bridgehead atoms. The van der Waals surface area contributed by atoms with Gasteiger partial charge in [-0.05, 0) is 45.0 Å². The fourth-order valence-corrected chi connectivity index (χ4v) is 1.91. The molecule has 1 nitrogen and oxygen atoms in total. The minimum atomic E-state index is 0.823. The molecule has 1 aliphatic heterocycles. The molecule has 66 valence electrons. The van der Waals surface area contributed by atoms with Crippen LogP contribution in [0, 0.1) is 0 Å². The first-order valence-electron chi connectivity index (χ1n) is 4.69. The molecule has 1 saturated heterocycles. The number of nitrogens with zero attached hydrogens (tertiary/aromatic N) is 1. The second-order valence-electron chi connectivity index (χ2n) is 3.46. The maximum atomic E-state index is 4.22. The summed E-state index contributed by atoms with van der Waals surface area (Å²) in [4.78, 5) is 2.60. The van der Waals surface area contributed by atoms with Gasteiger partial charge in [-0.25, -0.2) is 0 Å². The number of thiol groups is 1. The monoisotopic (exact) mass is 173 g/mol. The Kier molecular flexibility index (Phi) is 4.31. The predicted octanol–water partition coefficient (Wildman–Crippen LogP) is 2.18. The molecular formula is C9H19NS. The van der Waals surface area contributed by atoms with Gasteiger partial charge in [-0.15, -0.1) is 0 Å². The summed E-state index contributed by atoms with van der Waals surface area (Å²) in [6.07, 6.45) is 5.47. The summed E-state index contributed by atoms with van der Waals surface area (Å²) in [5.74, 6) is 1.03. The second kappa shape index (κ2) is 5.04. The number of likely N-dealkylation sites (tertiary alicyclic amines) is 1. The van der Waals surface area contributed by atoms with E-state index in [1.165, 1.54) is 38.8 Å². The summed E-state index contributed by atoms with van der Waals surface area (Å²) >= 11 is 4.22. The van der Waals surface area contributed by atoms with Gasteiger partial charge in [0, 0.05) is 6.04 Å². The Bertz CT molecular complexity index is 106. The van der Waals surface area contributed by atoms with Gasteiger partial charge in [0.2, 0.25) is 0 Å². The Morgan fingerprint density at radius 1 is 1.45 bits per heavy atom. The SMILES string of the molecule is CC1CCCCN1CCCS. The van der Waals surface area contributed by atoms with Crippen LogP contribution < -0.4 is 0 Å². The highest BCUT2D eigenvalue weighted by Crippen LogP contribution is 2.16. The molecular weight excluding hydrogens is 154 g/mol. The van der Waals surface area contributed by atoms with E-state index in [1.807, 2.05) is 0 Å². The van der Waals surface area contributed by atoms with Crippen LogP contribution in [0.3, 0.4) is 0 Å². The molecule has 0 saturated carbocycles. The Balaban J connectivity index is 2.18. The van der Waals surface area contributed by atoms with E-state index in [-0.39, 0.29) is 0 Å². The fourth-order valence-electron chi connectivity index (χ4n) is 1.76. The maximum absolute atomic E-state index is 4.22. The molecule has 0 aromatic rings. The molecule has 1 heterocycles. The minimum absolute atomic E-state index is 0.823. The normalized spacial score (nSPS) is 27.3. The summed E-state index contributed by atoms with van der Waals surface area (Å²) in [5, 5.41) is 0. The van der Waals surface area contributed by atoms with Gasteiger partial charge in [0.15, 0.2) is 0 Å². The summed E-state index contributed by atoms with van der Waals surface area (Å²) in [5.41, 5.74) is 0. The van der Waals surface area contributed by atoms with Gasteiger partial charge >= 0.3 is 0 Å². The first-order chi connectivity index (χ1) is 5.34. The summed E-state index contributed by atoms with van der Waals surface area (Å²) in [6.45, 7) is 4.91. The van der Waals surface area contributed by atoms with Crippen LogP contribution in [-0.4, -0.2) is 29.8 Å². The summed E-state index contributed by atoms with van der Waals surface area (Å²) in [6, 6.07) is 0.823. The van der Waals surface area contributed by atoms with Crippen molar-refractivity contribution in [2.24, 2.45) is 0 Å². The number of piperidine rings is 1. The molecule has 1 unspecified atom stereocenters. The molecule has 1 fully saturated rings. The van der Waals surface area contributed by atoms with Gasteiger partial charge in [-0.3, -0.25) is 0 Å². The van der Waals surface area contributed by atoms with Crippen molar-refractivity contribution in [3.05, 3.63) is 0 Å². The molecule has 0 aliphatic carbocycles. The van der Waals surface area contributed by atoms with Crippen LogP contribution in [0.4, 0.5) is 0 Å². The van der Waals surface area contributed by atoms with E-state index in [4.69, 9.17) is 0 Å².